The minimum atomic E-state index is -0.322. The number of anilines is 1. The van der Waals surface area contributed by atoms with Crippen LogP contribution in [-0.4, -0.2) is 33.8 Å². The van der Waals surface area contributed by atoms with Crippen LogP contribution in [0.1, 0.15) is 27.7 Å². The maximum absolute atomic E-state index is 10.9. The Morgan fingerprint density at radius 1 is 1.19 bits per heavy atom. The number of thiocarbonyl (C=S) groups is 1. The summed E-state index contributed by atoms with van der Waals surface area (Å²) in [6, 6.07) is 7.20. The zero-order valence-electron chi connectivity index (χ0n) is 13.0. The first-order valence-corrected chi connectivity index (χ1v) is 8.28. The van der Waals surface area contributed by atoms with Crippen molar-refractivity contribution in [3.05, 3.63) is 24.3 Å². The third-order valence-electron chi connectivity index (χ3n) is 3.37. The normalized spacial score (nSPS) is 11.0. The Hall–Kier alpha value is -1.11. The van der Waals surface area contributed by atoms with E-state index in [0.717, 1.165) is 33.5 Å². The summed E-state index contributed by atoms with van der Waals surface area (Å²) in [5, 5.41) is 3.22. The molecule has 6 heteroatoms. The number of rotatable bonds is 6. The van der Waals surface area contributed by atoms with E-state index in [1.807, 2.05) is 12.1 Å². The van der Waals surface area contributed by atoms with Crippen LogP contribution in [0.25, 0.3) is 0 Å². The van der Waals surface area contributed by atoms with Gasteiger partial charge in [0.15, 0.2) is 4.32 Å². The van der Waals surface area contributed by atoms with Gasteiger partial charge in [-0.25, -0.2) is 0 Å². The lowest BCUT2D eigenvalue weighted by molar-refractivity contribution is -0.788. The maximum Gasteiger partial charge on any atom is 0.577 e. The van der Waals surface area contributed by atoms with Crippen LogP contribution in [0.2, 0.25) is 0 Å². The molecule has 0 heterocycles. The number of benzene rings is 1. The van der Waals surface area contributed by atoms with E-state index in [4.69, 9.17) is 17.0 Å². The lowest BCUT2D eigenvalue weighted by atomic mass is 10.3. The molecule has 0 saturated carbocycles. The Labute approximate surface area is 136 Å². The first kappa shape index (κ1) is 17.9. The van der Waals surface area contributed by atoms with Gasteiger partial charge in [-0.3, -0.25) is 8.63 Å². The fraction of sp³-hybridized carbons (Fsp3) is 0.467. The number of esters is 1. The second-order valence-corrected chi connectivity index (χ2v) is 6.66. The number of carbonyl (C=O) groups is 1. The van der Waals surface area contributed by atoms with Gasteiger partial charge in [-0.05, 0) is 45.1 Å². The lowest BCUT2D eigenvalue weighted by Gasteiger charge is -2.32. The maximum atomic E-state index is 10.9. The molecule has 4 nitrogen and oxygen atoms in total. The molecule has 0 spiro atoms. The smallest absolute Gasteiger partial charge is 0.337 e. The average Bonchev–Trinajstić information content (AvgIpc) is 2.46. The molecule has 0 bridgehead atoms. The topological polar surface area (TPSA) is 40.4 Å². The SMILES string of the molecule is CC[N+](CC)(CC)SC(=S)Nc1ccc([O+]C(C)=O)cc1. The van der Waals surface area contributed by atoms with Crippen molar-refractivity contribution >= 4 is 40.1 Å². The monoisotopic (exact) mass is 327 g/mol. The van der Waals surface area contributed by atoms with Crippen LogP contribution in [-0.2, 0) is 4.79 Å². The van der Waals surface area contributed by atoms with Crippen molar-refractivity contribution in [3.63, 3.8) is 0 Å². The summed E-state index contributed by atoms with van der Waals surface area (Å²) in [4.78, 5) is 10.9. The minimum absolute atomic E-state index is 0.322. The second kappa shape index (κ2) is 8.36. The average molecular weight is 327 g/mol. The number of hydrogen-bond donors (Lipinski definition) is 1. The minimum Gasteiger partial charge on any atom is -0.337 e. The summed E-state index contributed by atoms with van der Waals surface area (Å²) in [6.45, 7) is 11.0. The molecule has 0 unspecified atom stereocenters. The highest BCUT2D eigenvalue weighted by Gasteiger charge is 2.25. The number of carbonyl (C=O) groups excluding carboxylic acids is 1. The summed E-state index contributed by atoms with van der Waals surface area (Å²) in [5.74, 6) is 0.213. The third-order valence-corrected chi connectivity index (χ3v) is 5.12. The Morgan fingerprint density at radius 3 is 2.14 bits per heavy atom. The van der Waals surface area contributed by atoms with E-state index in [2.05, 4.69) is 26.1 Å². The van der Waals surface area contributed by atoms with Crippen molar-refractivity contribution in [1.29, 1.82) is 0 Å². The number of nitrogens with zero attached hydrogens (tertiary/aromatic N) is 1. The summed E-state index contributed by atoms with van der Waals surface area (Å²) in [7, 11) is 0. The van der Waals surface area contributed by atoms with Crippen molar-refractivity contribution < 1.29 is 13.4 Å². The molecule has 1 aromatic rings. The van der Waals surface area contributed by atoms with Gasteiger partial charge in [-0.2, -0.15) is 0 Å². The molecule has 0 saturated heterocycles. The summed E-state index contributed by atoms with van der Waals surface area (Å²) < 4.78 is 6.65. The highest BCUT2D eigenvalue weighted by Crippen LogP contribution is 2.25. The van der Waals surface area contributed by atoms with Crippen LogP contribution in [0.15, 0.2) is 24.3 Å². The molecule has 0 aliphatic rings. The van der Waals surface area contributed by atoms with Gasteiger partial charge in [-0.15, -0.1) is 0 Å². The largest absolute Gasteiger partial charge is 0.577 e. The van der Waals surface area contributed by atoms with E-state index < -0.39 is 0 Å². The first-order valence-electron chi connectivity index (χ1n) is 7.09. The molecule has 0 fully saturated rings. The van der Waals surface area contributed by atoms with E-state index in [9.17, 15) is 4.79 Å². The number of quaternary nitrogens is 1. The van der Waals surface area contributed by atoms with Gasteiger partial charge in [0.25, 0.3) is 0 Å². The molecule has 1 rings (SSSR count). The van der Waals surface area contributed by atoms with Crippen LogP contribution in [0, 0.1) is 0 Å². The molecule has 0 atom stereocenters. The molecule has 1 radical (unpaired) electrons. The first-order chi connectivity index (χ1) is 9.94. The van der Waals surface area contributed by atoms with Crippen molar-refractivity contribution in [2.75, 3.05) is 25.0 Å². The van der Waals surface area contributed by atoms with E-state index in [1.165, 1.54) is 6.92 Å². The predicted molar refractivity (Wildman–Crippen MR) is 93.4 cm³/mol. The van der Waals surface area contributed by atoms with E-state index in [0.29, 0.717) is 5.75 Å². The zero-order valence-corrected chi connectivity index (χ0v) is 14.6. The van der Waals surface area contributed by atoms with Crippen LogP contribution >= 0.6 is 24.2 Å². The molecule has 0 amide bonds. The van der Waals surface area contributed by atoms with Crippen molar-refractivity contribution in [2.24, 2.45) is 0 Å². The van der Waals surface area contributed by atoms with Gasteiger partial charge in [0.1, 0.15) is 18.9 Å². The zero-order chi connectivity index (χ0) is 15.9. The molecule has 0 aliphatic carbocycles. The molecule has 0 aromatic heterocycles. The fourth-order valence-corrected chi connectivity index (χ4v) is 3.45. The van der Waals surface area contributed by atoms with Gasteiger partial charge >= 0.3 is 5.97 Å². The van der Waals surface area contributed by atoms with Crippen LogP contribution < -0.4 is 10.1 Å². The molecule has 21 heavy (non-hydrogen) atoms. The number of hydrogen-bond acceptors (Lipinski definition) is 4. The Balaban J connectivity index is 2.64. The molecule has 1 aromatic carbocycles. The quantitative estimate of drug-likeness (QED) is 0.215. The highest BCUT2D eigenvalue weighted by molar-refractivity contribution is 8.19. The predicted octanol–water partition coefficient (Wildman–Crippen LogP) is 3.83. The second-order valence-electron chi connectivity index (χ2n) is 4.63. The van der Waals surface area contributed by atoms with Crippen LogP contribution in [0.5, 0.6) is 5.75 Å². The Kier molecular flexibility index (Phi) is 7.14. The van der Waals surface area contributed by atoms with E-state index in [-0.39, 0.29) is 5.97 Å². The molecular weight excluding hydrogens is 304 g/mol. The van der Waals surface area contributed by atoms with E-state index in [1.54, 1.807) is 24.1 Å². The van der Waals surface area contributed by atoms with Gasteiger partial charge in [0.2, 0.25) is 5.75 Å². The Bertz CT molecular complexity index is 477. The van der Waals surface area contributed by atoms with Gasteiger partial charge in [0, 0.05) is 22.6 Å². The number of ether oxygens (including phenoxy) is 1. The summed E-state index contributed by atoms with van der Waals surface area (Å²) >= 11 is 7.11. The molecule has 1 N–H and O–H groups in total. The standard InChI is InChI=1S/C15H22N2O2S2/c1-5-17(6-2,7-3)21-15(20)16-13-8-10-14(11-9-13)19-12(4)18/h8-11H,5-7H2,1-4H3/q+1/p+1. The van der Waals surface area contributed by atoms with Crippen LogP contribution in [0.4, 0.5) is 5.69 Å². The number of nitrogens with one attached hydrogen (secondary N) is 1. The van der Waals surface area contributed by atoms with E-state index >= 15 is 0 Å². The summed E-state index contributed by atoms with van der Waals surface area (Å²) in [6.07, 6.45) is 0. The molecule has 0 aliphatic heterocycles. The molecular formula is C15H23N2O2S2+2. The lowest BCUT2D eigenvalue weighted by Crippen LogP contribution is -2.42. The molecule has 115 valence electrons. The van der Waals surface area contributed by atoms with Crippen molar-refractivity contribution in [2.45, 2.75) is 27.7 Å². The van der Waals surface area contributed by atoms with Gasteiger partial charge in [-0.1, -0.05) is 0 Å². The highest BCUT2D eigenvalue weighted by atomic mass is 32.2. The van der Waals surface area contributed by atoms with Crippen molar-refractivity contribution in [1.82, 2.24) is 0 Å². The Morgan fingerprint density at radius 2 is 1.71 bits per heavy atom. The van der Waals surface area contributed by atoms with Gasteiger partial charge < -0.3 is 5.32 Å². The summed E-state index contributed by atoms with van der Waals surface area (Å²) in [5.41, 5.74) is 0.893. The third kappa shape index (κ3) is 5.65. The van der Waals surface area contributed by atoms with Gasteiger partial charge in [0.05, 0.1) is 19.6 Å². The van der Waals surface area contributed by atoms with Crippen molar-refractivity contribution in [3.8, 4) is 5.75 Å². The fourth-order valence-electron chi connectivity index (χ4n) is 1.95. The van der Waals surface area contributed by atoms with Crippen LogP contribution in [0.3, 0.4) is 0 Å².